The van der Waals surface area contributed by atoms with Crippen LogP contribution in [-0.2, 0) is 16.6 Å². The van der Waals surface area contributed by atoms with E-state index in [4.69, 9.17) is 0 Å². The van der Waals surface area contributed by atoms with Gasteiger partial charge in [0.05, 0.1) is 17.4 Å². The molecule has 1 aromatic heterocycles. The first kappa shape index (κ1) is 18.6. The quantitative estimate of drug-likeness (QED) is 0.687. The lowest BCUT2D eigenvalue weighted by Gasteiger charge is -2.12. The highest BCUT2D eigenvalue weighted by molar-refractivity contribution is 7.92. The van der Waals surface area contributed by atoms with Gasteiger partial charge in [-0.3, -0.25) is 14.5 Å². The topological polar surface area (TPSA) is 88.2 Å². The van der Waals surface area contributed by atoms with E-state index in [1.807, 2.05) is 31.2 Å². The number of carbonyl (C=O) groups is 1. The van der Waals surface area contributed by atoms with Crippen molar-refractivity contribution in [3.05, 3.63) is 89.7 Å². The lowest BCUT2D eigenvalue weighted by atomic mass is 10.1. The van der Waals surface area contributed by atoms with Crippen LogP contribution >= 0.6 is 0 Å². The summed E-state index contributed by atoms with van der Waals surface area (Å²) in [6.07, 6.45) is 2.95. The SMILES string of the molecule is Cc1ccc(CNC(=O)c2ccccc2S(=O)(=O)Nc2cccnc2)cc1. The van der Waals surface area contributed by atoms with Crippen molar-refractivity contribution < 1.29 is 13.2 Å². The molecule has 0 unspecified atom stereocenters. The molecule has 0 fully saturated rings. The Hall–Kier alpha value is -3.19. The summed E-state index contributed by atoms with van der Waals surface area (Å²) in [5, 5.41) is 2.77. The molecule has 1 heterocycles. The molecule has 27 heavy (non-hydrogen) atoms. The van der Waals surface area contributed by atoms with Crippen LogP contribution in [0.3, 0.4) is 0 Å². The van der Waals surface area contributed by atoms with E-state index in [0.717, 1.165) is 11.1 Å². The lowest BCUT2D eigenvalue weighted by Crippen LogP contribution is -2.26. The average molecular weight is 381 g/mol. The Morgan fingerprint density at radius 1 is 1.00 bits per heavy atom. The van der Waals surface area contributed by atoms with Gasteiger partial charge in [0, 0.05) is 12.7 Å². The summed E-state index contributed by atoms with van der Waals surface area (Å²) >= 11 is 0. The van der Waals surface area contributed by atoms with E-state index >= 15 is 0 Å². The molecular weight excluding hydrogens is 362 g/mol. The fourth-order valence-electron chi connectivity index (χ4n) is 2.51. The second-order valence-corrected chi connectivity index (χ2v) is 7.66. The number of rotatable bonds is 6. The zero-order chi connectivity index (χ0) is 19.3. The fourth-order valence-corrected chi connectivity index (χ4v) is 3.75. The third kappa shape index (κ3) is 4.71. The van der Waals surface area contributed by atoms with Gasteiger partial charge in [0.15, 0.2) is 0 Å². The van der Waals surface area contributed by atoms with Crippen molar-refractivity contribution in [2.45, 2.75) is 18.4 Å². The minimum atomic E-state index is -3.93. The number of hydrogen-bond acceptors (Lipinski definition) is 4. The van der Waals surface area contributed by atoms with Gasteiger partial charge < -0.3 is 5.32 Å². The minimum absolute atomic E-state index is 0.0843. The predicted octanol–water partition coefficient (Wildman–Crippen LogP) is 3.12. The molecule has 0 aliphatic carbocycles. The van der Waals surface area contributed by atoms with Gasteiger partial charge in [-0.05, 0) is 36.8 Å². The molecule has 0 spiro atoms. The number of sulfonamides is 1. The van der Waals surface area contributed by atoms with Crippen molar-refractivity contribution in [3.63, 3.8) is 0 Å². The van der Waals surface area contributed by atoms with E-state index in [1.54, 1.807) is 30.5 Å². The highest BCUT2D eigenvalue weighted by Gasteiger charge is 2.22. The van der Waals surface area contributed by atoms with E-state index in [-0.39, 0.29) is 10.5 Å². The Morgan fingerprint density at radius 2 is 1.74 bits per heavy atom. The van der Waals surface area contributed by atoms with E-state index < -0.39 is 15.9 Å². The minimum Gasteiger partial charge on any atom is -0.348 e. The van der Waals surface area contributed by atoms with E-state index in [2.05, 4.69) is 15.0 Å². The van der Waals surface area contributed by atoms with Crippen molar-refractivity contribution >= 4 is 21.6 Å². The molecule has 138 valence electrons. The highest BCUT2D eigenvalue weighted by Crippen LogP contribution is 2.19. The van der Waals surface area contributed by atoms with Gasteiger partial charge in [0.1, 0.15) is 4.90 Å². The van der Waals surface area contributed by atoms with Crippen molar-refractivity contribution in [1.82, 2.24) is 10.3 Å². The molecule has 6 nitrogen and oxygen atoms in total. The standard InChI is InChI=1S/C20H19N3O3S/c1-15-8-10-16(11-9-15)13-22-20(24)18-6-2-3-7-19(18)27(25,26)23-17-5-4-12-21-14-17/h2-12,14,23H,13H2,1H3,(H,22,24). The number of carbonyl (C=O) groups excluding carboxylic acids is 1. The number of nitrogens with one attached hydrogen (secondary N) is 2. The normalized spacial score (nSPS) is 11.0. The van der Waals surface area contributed by atoms with Crippen LogP contribution in [-0.4, -0.2) is 19.3 Å². The molecule has 0 aliphatic heterocycles. The Balaban J connectivity index is 1.80. The smallest absolute Gasteiger partial charge is 0.262 e. The monoisotopic (exact) mass is 381 g/mol. The van der Waals surface area contributed by atoms with Crippen molar-refractivity contribution in [3.8, 4) is 0 Å². The molecule has 0 saturated heterocycles. The molecule has 0 atom stereocenters. The molecule has 7 heteroatoms. The molecule has 3 rings (SSSR count). The maximum absolute atomic E-state index is 12.7. The largest absolute Gasteiger partial charge is 0.348 e. The van der Waals surface area contributed by atoms with E-state index in [9.17, 15) is 13.2 Å². The number of amides is 1. The summed E-state index contributed by atoms with van der Waals surface area (Å²) in [7, 11) is -3.93. The first-order valence-electron chi connectivity index (χ1n) is 8.31. The summed E-state index contributed by atoms with van der Waals surface area (Å²) in [6.45, 7) is 2.29. The summed E-state index contributed by atoms with van der Waals surface area (Å²) in [5.74, 6) is -0.456. The highest BCUT2D eigenvalue weighted by atomic mass is 32.2. The third-order valence-electron chi connectivity index (χ3n) is 3.91. The van der Waals surface area contributed by atoms with Crippen molar-refractivity contribution in [1.29, 1.82) is 0 Å². The number of aromatic nitrogens is 1. The first-order chi connectivity index (χ1) is 13.0. The zero-order valence-corrected chi connectivity index (χ0v) is 15.5. The van der Waals surface area contributed by atoms with Gasteiger partial charge in [-0.1, -0.05) is 42.0 Å². The molecule has 1 amide bonds. The Labute approximate surface area is 158 Å². The van der Waals surface area contributed by atoms with Gasteiger partial charge >= 0.3 is 0 Å². The van der Waals surface area contributed by atoms with Crippen LogP contribution in [0.5, 0.6) is 0 Å². The zero-order valence-electron chi connectivity index (χ0n) is 14.7. The second-order valence-electron chi connectivity index (χ2n) is 6.01. The third-order valence-corrected chi connectivity index (χ3v) is 5.35. The summed E-state index contributed by atoms with van der Waals surface area (Å²) in [6, 6.07) is 17.1. The number of aryl methyl sites for hydroxylation is 1. The van der Waals surface area contributed by atoms with Crippen LogP contribution in [0.4, 0.5) is 5.69 Å². The molecule has 0 bridgehead atoms. The molecular formula is C20H19N3O3S. The number of hydrogen-bond donors (Lipinski definition) is 2. The molecule has 2 aromatic carbocycles. The number of pyridine rings is 1. The van der Waals surface area contributed by atoms with E-state index in [1.165, 1.54) is 18.3 Å². The maximum Gasteiger partial charge on any atom is 0.262 e. The summed E-state index contributed by atoms with van der Waals surface area (Å²) in [4.78, 5) is 16.4. The number of benzene rings is 2. The van der Waals surface area contributed by atoms with Gasteiger partial charge in [0.2, 0.25) is 0 Å². The second kappa shape index (κ2) is 8.01. The predicted molar refractivity (Wildman–Crippen MR) is 104 cm³/mol. The maximum atomic E-state index is 12.7. The van der Waals surface area contributed by atoms with Crippen LogP contribution in [0.25, 0.3) is 0 Å². The number of anilines is 1. The average Bonchev–Trinajstić information content (AvgIpc) is 2.68. The fraction of sp³-hybridized carbons (Fsp3) is 0.100. The summed E-state index contributed by atoms with van der Waals surface area (Å²) < 4.78 is 27.9. The molecule has 0 saturated carbocycles. The van der Waals surface area contributed by atoms with Crippen molar-refractivity contribution in [2.75, 3.05) is 4.72 Å². The van der Waals surface area contributed by atoms with E-state index in [0.29, 0.717) is 12.2 Å². The Kier molecular flexibility index (Phi) is 5.52. The van der Waals surface area contributed by atoms with Gasteiger partial charge in [0.25, 0.3) is 15.9 Å². The van der Waals surface area contributed by atoms with Gasteiger partial charge in [-0.25, -0.2) is 8.42 Å². The van der Waals surface area contributed by atoms with Crippen LogP contribution in [0, 0.1) is 6.92 Å². The summed E-state index contributed by atoms with van der Waals surface area (Å²) in [5.41, 5.74) is 2.47. The van der Waals surface area contributed by atoms with Crippen LogP contribution < -0.4 is 10.0 Å². The lowest BCUT2D eigenvalue weighted by molar-refractivity contribution is 0.0947. The van der Waals surface area contributed by atoms with Crippen LogP contribution in [0.15, 0.2) is 78.0 Å². The van der Waals surface area contributed by atoms with Crippen molar-refractivity contribution in [2.24, 2.45) is 0 Å². The number of nitrogens with zero attached hydrogens (tertiary/aromatic N) is 1. The van der Waals surface area contributed by atoms with Crippen LogP contribution in [0.2, 0.25) is 0 Å². The molecule has 0 aliphatic rings. The van der Waals surface area contributed by atoms with Gasteiger partial charge in [-0.2, -0.15) is 0 Å². The molecule has 3 aromatic rings. The molecule has 2 N–H and O–H groups in total. The Bertz CT molecular complexity index is 1030. The van der Waals surface area contributed by atoms with Gasteiger partial charge in [-0.15, -0.1) is 0 Å². The van der Waals surface area contributed by atoms with Crippen LogP contribution in [0.1, 0.15) is 21.5 Å². The Morgan fingerprint density at radius 3 is 2.44 bits per heavy atom. The molecule has 0 radical (unpaired) electrons. The first-order valence-corrected chi connectivity index (χ1v) is 9.80.